The molecule has 0 atom stereocenters. The molecule has 6 heteroatoms. The standard InChI is InChI=1S/C10H16N2O3S/c1-3-15-10-6-4-5-9(12-10)11-7-8-16(2,13)14/h4-6H,3,7-8H2,1-2H3,(H,11,12). The van der Waals surface area contributed by atoms with Crippen LogP contribution in [0.5, 0.6) is 5.88 Å². The van der Waals surface area contributed by atoms with E-state index in [-0.39, 0.29) is 5.75 Å². The summed E-state index contributed by atoms with van der Waals surface area (Å²) in [6.45, 7) is 2.78. The molecule has 0 aliphatic heterocycles. The summed E-state index contributed by atoms with van der Waals surface area (Å²) in [7, 11) is -2.94. The molecule has 90 valence electrons. The fraction of sp³-hybridized carbons (Fsp3) is 0.500. The molecule has 1 aromatic rings. The molecule has 0 saturated carbocycles. The van der Waals surface area contributed by atoms with Gasteiger partial charge in [-0.1, -0.05) is 6.07 Å². The average molecular weight is 244 g/mol. The lowest BCUT2D eigenvalue weighted by molar-refractivity contribution is 0.327. The summed E-state index contributed by atoms with van der Waals surface area (Å²) in [5, 5.41) is 2.93. The van der Waals surface area contributed by atoms with E-state index in [9.17, 15) is 8.42 Å². The number of nitrogens with one attached hydrogen (secondary N) is 1. The minimum atomic E-state index is -2.94. The Bertz CT molecular complexity index is 431. The first-order chi connectivity index (χ1) is 7.51. The first-order valence-electron chi connectivity index (χ1n) is 5.02. The Kier molecular flexibility index (Phi) is 4.54. The monoisotopic (exact) mass is 244 g/mol. The molecular formula is C10H16N2O3S. The second kappa shape index (κ2) is 5.69. The predicted octanol–water partition coefficient (Wildman–Crippen LogP) is 0.937. The highest BCUT2D eigenvalue weighted by Gasteiger charge is 2.02. The molecule has 0 amide bonds. The van der Waals surface area contributed by atoms with Crippen molar-refractivity contribution in [3.63, 3.8) is 0 Å². The molecule has 1 heterocycles. The SMILES string of the molecule is CCOc1cccc(NCCS(C)(=O)=O)n1. The molecule has 0 spiro atoms. The molecule has 0 fully saturated rings. The van der Waals surface area contributed by atoms with Crippen molar-refractivity contribution in [3.05, 3.63) is 18.2 Å². The summed E-state index contributed by atoms with van der Waals surface area (Å²) in [6, 6.07) is 5.33. The maximum absolute atomic E-state index is 10.9. The molecule has 1 N–H and O–H groups in total. The predicted molar refractivity (Wildman–Crippen MR) is 63.6 cm³/mol. The van der Waals surface area contributed by atoms with Crippen LogP contribution in [-0.2, 0) is 9.84 Å². The van der Waals surface area contributed by atoms with Crippen LogP contribution in [0.3, 0.4) is 0 Å². The van der Waals surface area contributed by atoms with Gasteiger partial charge >= 0.3 is 0 Å². The van der Waals surface area contributed by atoms with Crippen LogP contribution in [0.4, 0.5) is 5.82 Å². The zero-order valence-corrected chi connectivity index (χ0v) is 10.3. The van der Waals surface area contributed by atoms with E-state index in [0.29, 0.717) is 24.8 Å². The van der Waals surface area contributed by atoms with Crippen molar-refractivity contribution in [1.82, 2.24) is 4.98 Å². The van der Waals surface area contributed by atoms with Crippen molar-refractivity contribution in [1.29, 1.82) is 0 Å². The van der Waals surface area contributed by atoms with Gasteiger partial charge in [0.1, 0.15) is 15.7 Å². The van der Waals surface area contributed by atoms with Crippen LogP contribution in [0.15, 0.2) is 18.2 Å². The highest BCUT2D eigenvalue weighted by atomic mass is 32.2. The summed E-state index contributed by atoms with van der Waals surface area (Å²) in [4.78, 5) is 4.15. The van der Waals surface area contributed by atoms with E-state index in [1.807, 2.05) is 6.92 Å². The summed E-state index contributed by atoms with van der Waals surface area (Å²) in [6.07, 6.45) is 1.21. The number of hydrogen-bond acceptors (Lipinski definition) is 5. The Morgan fingerprint density at radius 1 is 1.44 bits per heavy atom. The fourth-order valence-corrected chi connectivity index (χ4v) is 1.58. The number of hydrogen-bond donors (Lipinski definition) is 1. The third-order valence-corrected chi connectivity index (χ3v) is 2.74. The highest BCUT2D eigenvalue weighted by molar-refractivity contribution is 7.90. The molecule has 1 aromatic heterocycles. The number of anilines is 1. The first-order valence-corrected chi connectivity index (χ1v) is 7.09. The lowest BCUT2D eigenvalue weighted by Gasteiger charge is -2.06. The van der Waals surface area contributed by atoms with Crippen molar-refractivity contribution in [3.8, 4) is 5.88 Å². The van der Waals surface area contributed by atoms with Gasteiger partial charge in [0.2, 0.25) is 5.88 Å². The van der Waals surface area contributed by atoms with Crippen LogP contribution in [0.1, 0.15) is 6.92 Å². The summed E-state index contributed by atoms with van der Waals surface area (Å²) in [5.74, 6) is 1.24. The van der Waals surface area contributed by atoms with E-state index in [1.165, 1.54) is 6.26 Å². The molecule has 0 radical (unpaired) electrons. The van der Waals surface area contributed by atoms with Crippen LogP contribution in [0, 0.1) is 0 Å². The Labute approximate surface area is 95.8 Å². The molecule has 16 heavy (non-hydrogen) atoms. The maximum Gasteiger partial charge on any atom is 0.215 e. The lowest BCUT2D eigenvalue weighted by atomic mass is 10.4. The zero-order chi connectivity index (χ0) is 12.0. The van der Waals surface area contributed by atoms with Gasteiger partial charge in [-0.2, -0.15) is 4.98 Å². The average Bonchev–Trinajstić information content (AvgIpc) is 2.17. The third kappa shape index (κ3) is 4.97. The number of nitrogens with zero attached hydrogens (tertiary/aromatic N) is 1. The van der Waals surface area contributed by atoms with Gasteiger partial charge in [-0.3, -0.25) is 0 Å². The molecule has 0 bridgehead atoms. The van der Waals surface area contributed by atoms with E-state index < -0.39 is 9.84 Å². The molecular weight excluding hydrogens is 228 g/mol. The Morgan fingerprint density at radius 2 is 2.19 bits per heavy atom. The molecule has 0 aromatic carbocycles. The van der Waals surface area contributed by atoms with E-state index in [1.54, 1.807) is 18.2 Å². The molecule has 0 aliphatic carbocycles. The zero-order valence-electron chi connectivity index (χ0n) is 9.43. The van der Waals surface area contributed by atoms with Crippen LogP contribution >= 0.6 is 0 Å². The van der Waals surface area contributed by atoms with Crippen LogP contribution in [0.2, 0.25) is 0 Å². The highest BCUT2D eigenvalue weighted by Crippen LogP contribution is 2.10. The summed E-state index contributed by atoms with van der Waals surface area (Å²) < 4.78 is 27.0. The van der Waals surface area contributed by atoms with Gasteiger partial charge in [0.25, 0.3) is 0 Å². The number of rotatable bonds is 6. The smallest absolute Gasteiger partial charge is 0.215 e. The fourth-order valence-electron chi connectivity index (χ4n) is 1.11. The van der Waals surface area contributed by atoms with Gasteiger partial charge in [-0.05, 0) is 13.0 Å². The van der Waals surface area contributed by atoms with Crippen LogP contribution < -0.4 is 10.1 Å². The number of aromatic nitrogens is 1. The largest absolute Gasteiger partial charge is 0.478 e. The number of sulfone groups is 1. The van der Waals surface area contributed by atoms with Gasteiger partial charge < -0.3 is 10.1 Å². The minimum Gasteiger partial charge on any atom is -0.478 e. The Hall–Kier alpha value is -1.30. The normalized spacial score (nSPS) is 11.1. The van der Waals surface area contributed by atoms with Crippen molar-refractivity contribution in [2.24, 2.45) is 0 Å². The minimum absolute atomic E-state index is 0.0908. The second-order valence-corrected chi connectivity index (χ2v) is 5.61. The molecule has 5 nitrogen and oxygen atoms in total. The van der Waals surface area contributed by atoms with Crippen molar-refractivity contribution in [2.75, 3.05) is 30.5 Å². The van der Waals surface area contributed by atoms with Crippen molar-refractivity contribution < 1.29 is 13.2 Å². The first kappa shape index (κ1) is 12.8. The van der Waals surface area contributed by atoms with E-state index in [0.717, 1.165) is 0 Å². The lowest BCUT2D eigenvalue weighted by Crippen LogP contribution is -2.14. The molecule has 1 rings (SSSR count). The quantitative estimate of drug-likeness (QED) is 0.806. The van der Waals surface area contributed by atoms with Gasteiger partial charge in [0, 0.05) is 18.9 Å². The van der Waals surface area contributed by atoms with Crippen molar-refractivity contribution in [2.45, 2.75) is 6.92 Å². The van der Waals surface area contributed by atoms with E-state index >= 15 is 0 Å². The second-order valence-electron chi connectivity index (χ2n) is 3.35. The number of ether oxygens (including phenoxy) is 1. The van der Waals surface area contributed by atoms with Gasteiger partial charge in [-0.25, -0.2) is 8.42 Å². The number of pyridine rings is 1. The van der Waals surface area contributed by atoms with Crippen molar-refractivity contribution >= 4 is 15.7 Å². The van der Waals surface area contributed by atoms with E-state index in [2.05, 4.69) is 10.3 Å². The molecule has 0 unspecified atom stereocenters. The van der Waals surface area contributed by atoms with Crippen LogP contribution in [0.25, 0.3) is 0 Å². The Balaban J connectivity index is 2.51. The summed E-state index contributed by atoms with van der Waals surface area (Å²) in [5.41, 5.74) is 0. The summed E-state index contributed by atoms with van der Waals surface area (Å²) >= 11 is 0. The van der Waals surface area contributed by atoms with Crippen LogP contribution in [-0.4, -0.2) is 38.6 Å². The maximum atomic E-state index is 10.9. The Morgan fingerprint density at radius 3 is 2.81 bits per heavy atom. The van der Waals surface area contributed by atoms with Gasteiger partial charge in [0.05, 0.1) is 12.4 Å². The van der Waals surface area contributed by atoms with E-state index in [4.69, 9.17) is 4.74 Å². The third-order valence-electron chi connectivity index (χ3n) is 1.79. The van der Waals surface area contributed by atoms with Gasteiger partial charge in [0.15, 0.2) is 0 Å². The van der Waals surface area contributed by atoms with Gasteiger partial charge in [-0.15, -0.1) is 0 Å². The topological polar surface area (TPSA) is 68.3 Å². The molecule has 0 saturated heterocycles. The molecule has 0 aliphatic rings.